The first-order valence-electron chi connectivity index (χ1n) is 39.5. The van der Waals surface area contributed by atoms with Gasteiger partial charge in [0.1, 0.15) is 17.3 Å². The van der Waals surface area contributed by atoms with E-state index >= 15 is 0 Å². The molecule has 0 saturated heterocycles. The van der Waals surface area contributed by atoms with Crippen LogP contribution >= 0.6 is 0 Å². The standard InChI is InChI=1S/C46H70O2.C26H40O2.C23H34O2/c1-32(2)13-10-17-36(6)40-20-21-41-39-19-18-37-30-38(23-27-45(37,8)42(39)24-28-46(40,41)9)48-43(47)29-34(4)15-11-14-33(3)22-26-44(7)25-12-16-35(5)31-44;1-20(15-17-26(9)16-11-14-22(3)19-26)12-10-13-21(2)18-23(27)28-25(7,8)24(4,5)6;1-18(13-15-23(7)14-9-12-20(3)17-23)10-8-11-19(2)16-21(24)25-22(4,5)6/h11,14-15,18,22,26,29,31-32,36,38-42H,10,12-13,16-17,19-21,23-25,27-28,30H2,1-9H3;10,12-13,15,17-19H,11,14,16H2,1-9H3;8,10-11,13,15-17H,9,12,14H2,1-7H3/b15-11+,26-22+,33-14+,34-29+;13-10+,17-15+,20-12+,21-18+;11-8+,15-13+,18-10+,19-16+/t36-,38+,39?,40?,41?,42?,44?,45+,46-;;/m1../s1. The summed E-state index contributed by atoms with van der Waals surface area (Å²) in [6.07, 6.45) is 71.6. The number of hydrogen-bond acceptors (Lipinski definition) is 6. The van der Waals surface area contributed by atoms with Crippen LogP contribution in [0.5, 0.6) is 0 Å². The van der Waals surface area contributed by atoms with Crippen LogP contribution < -0.4 is 0 Å². The third-order valence-corrected chi connectivity index (χ3v) is 24.1. The van der Waals surface area contributed by atoms with E-state index in [2.05, 4.69) is 197 Å². The van der Waals surface area contributed by atoms with Crippen LogP contribution in [0, 0.1) is 68.0 Å². The molecule has 0 N–H and O–H groups in total. The van der Waals surface area contributed by atoms with E-state index in [-0.39, 0.29) is 51.1 Å². The molecule has 7 unspecified atom stereocenters. The fraction of sp³-hybridized carbons (Fsp3) is 0.632. The second kappa shape index (κ2) is 37.8. The summed E-state index contributed by atoms with van der Waals surface area (Å²) < 4.78 is 17.0. The minimum Gasteiger partial charge on any atom is -0.459 e. The molecule has 3 fully saturated rings. The predicted octanol–water partition coefficient (Wildman–Crippen LogP) is 27.0. The molecule has 6 heteroatoms. The summed E-state index contributed by atoms with van der Waals surface area (Å²) in [7, 11) is 0. The van der Waals surface area contributed by atoms with Gasteiger partial charge in [0, 0.05) is 46.3 Å². The Morgan fingerprint density at radius 2 is 0.950 bits per heavy atom. The summed E-state index contributed by atoms with van der Waals surface area (Å²) in [6, 6.07) is 0. The minimum absolute atomic E-state index is 0.00364. The summed E-state index contributed by atoms with van der Waals surface area (Å²) in [4.78, 5) is 36.9. The van der Waals surface area contributed by atoms with Gasteiger partial charge in [-0.15, -0.1) is 0 Å². The zero-order valence-electron chi connectivity index (χ0n) is 68.8. The Bertz CT molecular complexity index is 3340. The van der Waals surface area contributed by atoms with Crippen molar-refractivity contribution < 1.29 is 28.6 Å². The van der Waals surface area contributed by atoms with Crippen molar-refractivity contribution in [2.75, 3.05) is 0 Å². The molecule has 3 saturated carbocycles. The van der Waals surface area contributed by atoms with E-state index in [9.17, 15) is 14.4 Å². The highest BCUT2D eigenvalue weighted by Gasteiger charge is 2.59. The molecule has 0 aromatic carbocycles. The minimum atomic E-state index is -0.520. The third kappa shape index (κ3) is 28.0. The number of ether oxygens (including phenoxy) is 3. The fourth-order valence-electron chi connectivity index (χ4n) is 17.4. The molecule has 560 valence electrons. The number of carbonyl (C=O) groups is 3. The molecule has 7 aliphatic carbocycles. The zero-order chi connectivity index (χ0) is 75.4. The van der Waals surface area contributed by atoms with Crippen molar-refractivity contribution in [3.63, 3.8) is 0 Å². The molecule has 11 atom stereocenters. The van der Waals surface area contributed by atoms with Crippen molar-refractivity contribution in [2.24, 2.45) is 68.0 Å². The highest BCUT2D eigenvalue weighted by Crippen LogP contribution is 2.67. The smallest absolute Gasteiger partial charge is 0.331 e. The summed E-state index contributed by atoms with van der Waals surface area (Å²) in [5, 5.41) is 0. The first-order chi connectivity index (χ1) is 46.9. The van der Waals surface area contributed by atoms with E-state index in [1.54, 1.807) is 17.7 Å². The van der Waals surface area contributed by atoms with Gasteiger partial charge < -0.3 is 14.2 Å². The molecule has 0 radical (unpaired) electrons. The van der Waals surface area contributed by atoms with Gasteiger partial charge in [-0.2, -0.15) is 0 Å². The normalized spacial score (nSPS) is 30.1. The van der Waals surface area contributed by atoms with Crippen molar-refractivity contribution in [3.05, 3.63) is 189 Å². The quantitative estimate of drug-likeness (QED) is 0.0353. The largest absolute Gasteiger partial charge is 0.459 e. The molecule has 0 heterocycles. The third-order valence-electron chi connectivity index (χ3n) is 24.1. The molecular weight excluding hydrogens is 1240 g/mol. The van der Waals surface area contributed by atoms with Crippen LogP contribution in [0.2, 0.25) is 0 Å². The lowest BCUT2D eigenvalue weighted by molar-refractivity contribution is -0.161. The summed E-state index contributed by atoms with van der Waals surface area (Å²) in [6.45, 7) is 54.0. The Labute approximate surface area is 619 Å². The number of rotatable bonds is 22. The van der Waals surface area contributed by atoms with Gasteiger partial charge in [-0.3, -0.25) is 0 Å². The molecule has 0 amide bonds. The van der Waals surface area contributed by atoms with E-state index in [1.807, 2.05) is 91.8 Å². The van der Waals surface area contributed by atoms with E-state index in [0.29, 0.717) is 5.41 Å². The highest BCUT2D eigenvalue weighted by molar-refractivity contribution is 5.84. The Kier molecular flexibility index (Phi) is 32.1. The van der Waals surface area contributed by atoms with Crippen molar-refractivity contribution in [1.82, 2.24) is 0 Å². The van der Waals surface area contributed by atoms with E-state index in [0.717, 1.165) is 71.5 Å². The number of carbonyl (C=O) groups excluding carboxylic acids is 3. The number of allylic oxidation sites excluding steroid dienone is 28. The van der Waals surface area contributed by atoms with E-state index in [1.165, 1.54) is 149 Å². The average molecular weight is 1380 g/mol. The zero-order valence-corrected chi connectivity index (χ0v) is 68.8. The van der Waals surface area contributed by atoms with Gasteiger partial charge in [-0.25, -0.2) is 14.4 Å². The van der Waals surface area contributed by atoms with Crippen LogP contribution in [0.4, 0.5) is 0 Å². The van der Waals surface area contributed by atoms with Crippen molar-refractivity contribution in [3.8, 4) is 0 Å². The van der Waals surface area contributed by atoms with Gasteiger partial charge in [0.05, 0.1) is 0 Å². The average Bonchev–Trinajstić information content (AvgIpc) is 1.68. The highest BCUT2D eigenvalue weighted by atomic mass is 16.6. The van der Waals surface area contributed by atoms with Crippen LogP contribution in [0.15, 0.2) is 189 Å². The number of esters is 3. The van der Waals surface area contributed by atoms with Crippen molar-refractivity contribution >= 4 is 17.9 Å². The molecule has 0 aromatic heterocycles. The second-order valence-electron chi connectivity index (χ2n) is 36.8. The van der Waals surface area contributed by atoms with Crippen LogP contribution in [0.3, 0.4) is 0 Å². The number of hydrogen-bond donors (Lipinski definition) is 0. The lowest BCUT2D eigenvalue weighted by Crippen LogP contribution is -2.51. The summed E-state index contributed by atoms with van der Waals surface area (Å²) >= 11 is 0. The first kappa shape index (κ1) is 85.9. The Morgan fingerprint density at radius 3 is 1.37 bits per heavy atom. The van der Waals surface area contributed by atoms with Gasteiger partial charge in [0.25, 0.3) is 0 Å². The molecule has 6 nitrogen and oxygen atoms in total. The van der Waals surface area contributed by atoms with E-state index < -0.39 is 11.2 Å². The van der Waals surface area contributed by atoms with E-state index in [4.69, 9.17) is 14.2 Å². The lowest BCUT2D eigenvalue weighted by atomic mass is 9.47. The Hall–Kier alpha value is -5.75. The molecule has 7 aliphatic rings. The van der Waals surface area contributed by atoms with Gasteiger partial charge in [0.15, 0.2) is 0 Å². The molecular formula is C95H144O6. The SMILES string of the molecule is CC1=CC(C)(/C=C/C(C)=C/C=C/C(C)=C/C(=O)OC(C)(C)C(C)(C)C)CCC1.CC1=CC(C)(/C=C/C(C)=C/C=C/C(C)=C/C(=O)OC(C)(C)C)CCC1.CC1=CC(C)(/C=C/C(C)=C/C=C/C(C)=C/C(=O)O[C@H]2CC[C@@]3(C)C(=CCC4C5CCC([C@H](C)CCCC(C)C)[C@@]5(C)CCC43)C2)CCC1. The van der Waals surface area contributed by atoms with Gasteiger partial charge >= 0.3 is 17.9 Å². The van der Waals surface area contributed by atoms with Crippen LogP contribution in [0.25, 0.3) is 0 Å². The maximum atomic E-state index is 13.0. The summed E-state index contributed by atoms with van der Waals surface area (Å²) in [5.41, 5.74) is 12.6. The van der Waals surface area contributed by atoms with Gasteiger partial charge in [-0.1, -0.05) is 250 Å². The van der Waals surface area contributed by atoms with Crippen LogP contribution in [0.1, 0.15) is 302 Å². The van der Waals surface area contributed by atoms with Gasteiger partial charge in [-0.05, 0) is 263 Å². The summed E-state index contributed by atoms with van der Waals surface area (Å²) in [5.74, 6) is 4.32. The van der Waals surface area contributed by atoms with Crippen molar-refractivity contribution in [2.45, 2.75) is 319 Å². The monoisotopic (exact) mass is 1380 g/mol. The first-order valence-corrected chi connectivity index (χ1v) is 39.5. The molecule has 101 heavy (non-hydrogen) atoms. The fourth-order valence-corrected chi connectivity index (χ4v) is 17.4. The Balaban J connectivity index is 0.000000296. The second-order valence-corrected chi connectivity index (χ2v) is 36.8. The molecule has 0 bridgehead atoms. The van der Waals surface area contributed by atoms with Gasteiger partial charge in [0.2, 0.25) is 0 Å². The number of fused-ring (bicyclic) bond motifs is 5. The van der Waals surface area contributed by atoms with Crippen LogP contribution in [-0.2, 0) is 28.6 Å². The maximum absolute atomic E-state index is 13.0. The maximum Gasteiger partial charge on any atom is 0.331 e. The molecule has 0 aromatic rings. The lowest BCUT2D eigenvalue weighted by Gasteiger charge is -2.58. The molecule has 7 rings (SSSR count). The molecule has 0 aliphatic heterocycles. The van der Waals surface area contributed by atoms with Crippen LogP contribution in [-0.4, -0.2) is 35.2 Å². The molecule has 0 spiro atoms. The van der Waals surface area contributed by atoms with Crippen molar-refractivity contribution in [1.29, 1.82) is 0 Å². The predicted molar refractivity (Wildman–Crippen MR) is 433 cm³/mol. The Morgan fingerprint density at radius 1 is 0.515 bits per heavy atom. The topological polar surface area (TPSA) is 78.9 Å².